The molecule has 6 nitrogen and oxygen atoms in total. The van der Waals surface area contributed by atoms with Gasteiger partial charge >= 0.3 is 6.03 Å². The van der Waals surface area contributed by atoms with E-state index in [4.69, 9.17) is 4.74 Å². The van der Waals surface area contributed by atoms with E-state index in [1.807, 2.05) is 19.1 Å². The molecule has 0 atom stereocenters. The molecular weight excluding hydrogens is 374 g/mol. The first kappa shape index (κ1) is 17.8. The Hall–Kier alpha value is -2.54. The van der Waals surface area contributed by atoms with Crippen LogP contribution in [0.3, 0.4) is 0 Å². The van der Waals surface area contributed by atoms with Gasteiger partial charge in [0.05, 0.1) is 13.7 Å². The lowest BCUT2D eigenvalue weighted by atomic mass is 10.2. The van der Waals surface area contributed by atoms with Crippen molar-refractivity contribution >= 4 is 39.2 Å². The Labute approximate surface area is 148 Å². The van der Waals surface area contributed by atoms with Gasteiger partial charge in [0.2, 0.25) is 5.91 Å². The maximum absolute atomic E-state index is 11.9. The zero-order valence-corrected chi connectivity index (χ0v) is 14.9. The van der Waals surface area contributed by atoms with Crippen molar-refractivity contribution in [2.45, 2.75) is 6.92 Å². The third-order valence-corrected chi connectivity index (χ3v) is 3.71. The Kier molecular flexibility index (Phi) is 6.20. The summed E-state index contributed by atoms with van der Waals surface area (Å²) in [5.41, 5.74) is 2.25. The maximum Gasteiger partial charge on any atom is 0.319 e. The first-order valence-electron chi connectivity index (χ1n) is 7.23. The molecule has 2 aromatic rings. The van der Waals surface area contributed by atoms with Gasteiger partial charge in [-0.05, 0) is 55.0 Å². The number of anilines is 2. The highest BCUT2D eigenvalue weighted by Gasteiger charge is 2.08. The van der Waals surface area contributed by atoms with E-state index in [2.05, 4.69) is 31.9 Å². The number of ether oxygens (including phenoxy) is 1. The van der Waals surface area contributed by atoms with Gasteiger partial charge in [0, 0.05) is 15.8 Å². The van der Waals surface area contributed by atoms with Gasteiger partial charge in [0.25, 0.3) is 0 Å². The normalized spacial score (nSPS) is 9.96. The van der Waals surface area contributed by atoms with Gasteiger partial charge < -0.3 is 20.7 Å². The number of benzene rings is 2. The smallest absolute Gasteiger partial charge is 0.319 e. The second-order valence-corrected chi connectivity index (χ2v) is 5.96. The van der Waals surface area contributed by atoms with Crippen LogP contribution in [0.5, 0.6) is 5.75 Å². The number of hydrogen-bond donors (Lipinski definition) is 3. The van der Waals surface area contributed by atoms with Crippen LogP contribution < -0.4 is 20.7 Å². The number of hydrogen-bond acceptors (Lipinski definition) is 3. The van der Waals surface area contributed by atoms with Gasteiger partial charge in [-0.3, -0.25) is 4.79 Å². The average molecular weight is 392 g/mol. The van der Waals surface area contributed by atoms with Crippen LogP contribution in [0.2, 0.25) is 0 Å². The van der Waals surface area contributed by atoms with Gasteiger partial charge in [-0.2, -0.15) is 0 Å². The number of carbonyl (C=O) groups excluding carboxylic acids is 2. The van der Waals surface area contributed by atoms with Crippen molar-refractivity contribution in [3.8, 4) is 5.75 Å². The Morgan fingerprint density at radius 2 is 1.79 bits per heavy atom. The number of nitrogens with one attached hydrogen (secondary N) is 3. The molecular formula is C17H18BrN3O3. The van der Waals surface area contributed by atoms with E-state index in [1.165, 1.54) is 0 Å². The summed E-state index contributed by atoms with van der Waals surface area (Å²) in [4.78, 5) is 23.7. The molecule has 0 aliphatic carbocycles. The molecule has 7 heteroatoms. The highest BCUT2D eigenvalue weighted by molar-refractivity contribution is 9.10. The van der Waals surface area contributed by atoms with Crippen molar-refractivity contribution in [1.82, 2.24) is 5.32 Å². The molecule has 0 heterocycles. The van der Waals surface area contributed by atoms with Crippen LogP contribution in [0, 0.1) is 6.92 Å². The Balaban J connectivity index is 1.81. The maximum atomic E-state index is 11.9. The van der Waals surface area contributed by atoms with Crippen molar-refractivity contribution in [2.75, 3.05) is 24.3 Å². The summed E-state index contributed by atoms with van der Waals surface area (Å²) in [5.74, 6) is 0.399. The van der Waals surface area contributed by atoms with Crippen LogP contribution in [0.25, 0.3) is 0 Å². The second-order valence-electron chi connectivity index (χ2n) is 5.04. The van der Waals surface area contributed by atoms with Crippen molar-refractivity contribution in [1.29, 1.82) is 0 Å². The Morgan fingerprint density at radius 1 is 1.08 bits per heavy atom. The second kappa shape index (κ2) is 8.35. The summed E-state index contributed by atoms with van der Waals surface area (Å²) in [5, 5.41) is 7.90. The zero-order valence-electron chi connectivity index (χ0n) is 13.4. The highest BCUT2D eigenvalue weighted by Crippen LogP contribution is 2.19. The Morgan fingerprint density at radius 3 is 2.42 bits per heavy atom. The molecule has 0 bridgehead atoms. The van der Waals surface area contributed by atoms with Gasteiger partial charge in [-0.1, -0.05) is 15.9 Å². The first-order valence-corrected chi connectivity index (χ1v) is 8.02. The standard InChI is InChI=1S/C17H18BrN3O3/c1-11-9-12(18)3-8-15(11)21-16(22)10-19-17(23)20-13-4-6-14(24-2)7-5-13/h3-9H,10H2,1-2H3,(H,21,22)(H2,19,20,23). The molecule has 0 radical (unpaired) electrons. The molecule has 0 saturated heterocycles. The lowest BCUT2D eigenvalue weighted by molar-refractivity contribution is -0.115. The summed E-state index contributed by atoms with van der Waals surface area (Å²) in [6.07, 6.45) is 0. The molecule has 0 spiro atoms. The fraction of sp³-hybridized carbons (Fsp3) is 0.176. The van der Waals surface area contributed by atoms with Crippen molar-refractivity contribution < 1.29 is 14.3 Å². The molecule has 24 heavy (non-hydrogen) atoms. The SMILES string of the molecule is COc1ccc(NC(=O)NCC(=O)Nc2ccc(Br)cc2C)cc1. The summed E-state index contributed by atoms with van der Waals surface area (Å²) in [6, 6.07) is 12.0. The number of rotatable bonds is 5. The molecule has 0 aliphatic heterocycles. The number of urea groups is 1. The largest absolute Gasteiger partial charge is 0.497 e. The molecule has 126 valence electrons. The van der Waals surface area contributed by atoms with Crippen LogP contribution in [-0.2, 0) is 4.79 Å². The third-order valence-electron chi connectivity index (χ3n) is 3.22. The predicted molar refractivity (Wildman–Crippen MR) is 97.5 cm³/mol. The van der Waals surface area contributed by atoms with Crippen LogP contribution in [-0.4, -0.2) is 25.6 Å². The highest BCUT2D eigenvalue weighted by atomic mass is 79.9. The molecule has 0 unspecified atom stereocenters. The predicted octanol–water partition coefficient (Wildman–Crippen LogP) is 3.53. The van der Waals surface area contributed by atoms with Gasteiger partial charge in [-0.25, -0.2) is 4.79 Å². The lowest BCUT2D eigenvalue weighted by Crippen LogP contribution is -2.35. The summed E-state index contributed by atoms with van der Waals surface area (Å²) in [6.45, 7) is 1.77. The number of methoxy groups -OCH3 is 1. The number of amides is 3. The van der Waals surface area contributed by atoms with E-state index in [-0.39, 0.29) is 12.5 Å². The lowest BCUT2D eigenvalue weighted by Gasteiger charge is -2.10. The number of aryl methyl sites for hydroxylation is 1. The minimum absolute atomic E-state index is 0.127. The number of halogens is 1. The molecule has 0 aromatic heterocycles. The van der Waals surface area contributed by atoms with E-state index < -0.39 is 6.03 Å². The summed E-state index contributed by atoms with van der Waals surface area (Å²) in [7, 11) is 1.57. The van der Waals surface area contributed by atoms with E-state index in [1.54, 1.807) is 37.4 Å². The van der Waals surface area contributed by atoms with Gasteiger partial charge in [-0.15, -0.1) is 0 Å². The third kappa shape index (κ3) is 5.27. The summed E-state index contributed by atoms with van der Waals surface area (Å²) < 4.78 is 5.98. The van der Waals surface area contributed by atoms with Crippen LogP contribution >= 0.6 is 15.9 Å². The van der Waals surface area contributed by atoms with Crippen molar-refractivity contribution in [2.24, 2.45) is 0 Å². The fourth-order valence-corrected chi connectivity index (χ4v) is 2.45. The van der Waals surface area contributed by atoms with E-state index in [9.17, 15) is 9.59 Å². The monoisotopic (exact) mass is 391 g/mol. The molecule has 2 aromatic carbocycles. The van der Waals surface area contributed by atoms with Gasteiger partial charge in [0.1, 0.15) is 5.75 Å². The molecule has 0 fully saturated rings. The van der Waals surface area contributed by atoms with E-state index in [0.29, 0.717) is 17.1 Å². The number of carbonyl (C=O) groups is 2. The molecule has 2 rings (SSSR count). The van der Waals surface area contributed by atoms with Crippen LogP contribution in [0.15, 0.2) is 46.9 Å². The average Bonchev–Trinajstić information content (AvgIpc) is 2.56. The van der Waals surface area contributed by atoms with E-state index in [0.717, 1.165) is 10.0 Å². The van der Waals surface area contributed by atoms with Crippen LogP contribution in [0.1, 0.15) is 5.56 Å². The summed E-state index contributed by atoms with van der Waals surface area (Å²) >= 11 is 3.37. The molecule has 0 saturated carbocycles. The zero-order chi connectivity index (χ0) is 17.5. The van der Waals surface area contributed by atoms with Gasteiger partial charge in [0.15, 0.2) is 0 Å². The topological polar surface area (TPSA) is 79.5 Å². The minimum Gasteiger partial charge on any atom is -0.497 e. The van der Waals surface area contributed by atoms with Crippen molar-refractivity contribution in [3.63, 3.8) is 0 Å². The quantitative estimate of drug-likeness (QED) is 0.729. The molecule has 0 aliphatic rings. The van der Waals surface area contributed by atoms with E-state index >= 15 is 0 Å². The molecule has 3 amide bonds. The molecule has 3 N–H and O–H groups in total. The first-order chi connectivity index (χ1) is 11.5. The Bertz CT molecular complexity index is 732. The van der Waals surface area contributed by atoms with Crippen LogP contribution in [0.4, 0.5) is 16.2 Å². The fourth-order valence-electron chi connectivity index (χ4n) is 1.97. The van der Waals surface area contributed by atoms with Crippen molar-refractivity contribution in [3.05, 3.63) is 52.5 Å². The minimum atomic E-state index is -0.456.